The van der Waals surface area contributed by atoms with Crippen molar-refractivity contribution >= 4 is 34.1 Å². The molecule has 0 aromatic heterocycles. The third-order valence-corrected chi connectivity index (χ3v) is 18.3. The van der Waals surface area contributed by atoms with Crippen LogP contribution in [0.5, 0.6) is 0 Å². The number of nitrogens with zero attached hydrogens (tertiary/aromatic N) is 2. The highest BCUT2D eigenvalue weighted by atomic mass is 15.1. The zero-order chi connectivity index (χ0) is 62.8. The molecule has 0 saturated carbocycles. The molecule has 0 N–H and O–H groups in total. The van der Waals surface area contributed by atoms with Gasteiger partial charge in [0.15, 0.2) is 0 Å². The summed E-state index contributed by atoms with van der Waals surface area (Å²) in [4.78, 5) is 4.86. The van der Waals surface area contributed by atoms with Crippen molar-refractivity contribution in [1.82, 2.24) is 0 Å². The molecule has 0 spiro atoms. The third-order valence-electron chi connectivity index (χ3n) is 18.3. The van der Waals surface area contributed by atoms with E-state index < -0.39 is 0 Å². The van der Waals surface area contributed by atoms with Gasteiger partial charge in [0.05, 0.1) is 0 Å². The lowest BCUT2D eigenvalue weighted by atomic mass is 9.84. The van der Waals surface area contributed by atoms with Gasteiger partial charge in [-0.3, -0.25) is 0 Å². The lowest BCUT2D eigenvalue weighted by Crippen LogP contribution is -2.11. The van der Waals surface area contributed by atoms with E-state index in [0.717, 1.165) is 59.8 Å². The molecule has 2 nitrogen and oxygen atoms in total. The van der Waals surface area contributed by atoms with Crippen molar-refractivity contribution in [3.8, 4) is 66.8 Å². The minimum Gasteiger partial charge on any atom is -0.310 e. The number of aryl methyl sites for hydroxylation is 4. The van der Waals surface area contributed by atoms with Gasteiger partial charge >= 0.3 is 0 Å². The van der Waals surface area contributed by atoms with E-state index in [-0.39, 0.29) is 10.8 Å². The summed E-state index contributed by atoms with van der Waals surface area (Å²) in [5.74, 6) is 0. The summed E-state index contributed by atoms with van der Waals surface area (Å²) in [6.45, 7) is 23.0. The molecule has 0 aliphatic heterocycles. The summed E-state index contributed by atoms with van der Waals surface area (Å²) in [6, 6.07) is 95.7. The van der Waals surface area contributed by atoms with Crippen LogP contribution >= 0.6 is 0 Å². The zero-order valence-corrected chi connectivity index (χ0v) is 55.2. The quantitative estimate of drug-likeness (QED) is 0.0624. The Balaban J connectivity index is 0.977. The van der Waals surface area contributed by atoms with Gasteiger partial charge in [-0.2, -0.15) is 0 Å². The lowest BCUT2D eigenvalue weighted by Gasteiger charge is -2.28. The smallest absolute Gasteiger partial charge is 0.0464 e. The van der Waals surface area contributed by atoms with Crippen molar-refractivity contribution in [3.63, 3.8) is 0 Å². The standard InChI is InChI=1S/C88H92N2/c1-11-13-15-19-29-73-61-86(84-58-56-82(60-64(84)4)90(78-49-37-70(38-50-78)66-27-23-18-24-28-66)80-53-41-72(42-54-80)68-33-45-76(46-34-68)88(8,9)10)74(30-20-16-14-12-2)62-85(73)83-57-55-81(59-63(83)3)89(77-47-35-69(36-48-77)65-25-21-17-22-26-65)79-51-39-71(40-52-79)67-31-43-75(44-32-67)87(5,6)7/h17-18,21-28,31-62H,11-16,19-20,29-30H2,1-10H3. The molecule has 11 aromatic rings. The van der Waals surface area contributed by atoms with Crippen LogP contribution in [-0.4, -0.2) is 0 Å². The molecule has 0 unspecified atom stereocenters. The SMILES string of the molecule is CCCCCCc1cc(-c2ccc(N(c3ccc(-c4ccccc4)cc3)c3ccc(-c4ccc(C(C)(C)C)cc4)cc3)cc2C)c(CCCCCC)cc1-c1ccc(N(c2ccc(-c3ccccc3)cc2)c2ccc(-c3ccc(C(C)(C)C)cc3)cc2)cc1C. The molecule has 0 radical (unpaired) electrons. The van der Waals surface area contributed by atoms with E-state index in [1.54, 1.807) is 0 Å². The number of rotatable bonds is 22. The molecule has 0 bridgehead atoms. The van der Waals surface area contributed by atoms with Gasteiger partial charge in [0.25, 0.3) is 0 Å². The number of hydrogen-bond donors (Lipinski definition) is 0. The van der Waals surface area contributed by atoms with E-state index in [9.17, 15) is 0 Å². The maximum atomic E-state index is 2.61. The fraction of sp³-hybridized carbons (Fsp3) is 0.250. The molecule has 0 fully saturated rings. The van der Waals surface area contributed by atoms with Crippen LogP contribution < -0.4 is 9.80 Å². The maximum Gasteiger partial charge on any atom is 0.0464 e. The largest absolute Gasteiger partial charge is 0.310 e. The molecule has 0 aliphatic rings. The van der Waals surface area contributed by atoms with Crippen molar-refractivity contribution in [2.45, 2.75) is 144 Å². The Hall–Kier alpha value is -8.98. The van der Waals surface area contributed by atoms with Gasteiger partial charge in [-0.25, -0.2) is 0 Å². The van der Waals surface area contributed by atoms with Crippen LogP contribution in [0.3, 0.4) is 0 Å². The molecule has 0 amide bonds. The number of unbranched alkanes of at least 4 members (excludes halogenated alkanes) is 6. The second-order valence-corrected chi connectivity index (χ2v) is 27.0. The van der Waals surface area contributed by atoms with Gasteiger partial charge < -0.3 is 9.80 Å². The predicted octanol–water partition coefficient (Wildman–Crippen LogP) is 26.1. The van der Waals surface area contributed by atoms with Crippen LogP contribution in [0.4, 0.5) is 34.1 Å². The van der Waals surface area contributed by atoms with Crippen LogP contribution in [0.2, 0.25) is 0 Å². The summed E-state index contributed by atoms with van der Waals surface area (Å²) in [7, 11) is 0. The second-order valence-electron chi connectivity index (χ2n) is 27.0. The van der Waals surface area contributed by atoms with Crippen LogP contribution in [0, 0.1) is 13.8 Å². The third kappa shape index (κ3) is 14.7. The van der Waals surface area contributed by atoms with Gasteiger partial charge in [0, 0.05) is 34.1 Å². The van der Waals surface area contributed by atoms with E-state index >= 15 is 0 Å². The normalized spacial score (nSPS) is 11.7. The van der Waals surface area contributed by atoms with E-state index in [1.807, 2.05) is 0 Å². The van der Waals surface area contributed by atoms with Gasteiger partial charge in [-0.15, -0.1) is 0 Å². The Morgan fingerprint density at radius 3 is 0.789 bits per heavy atom. The van der Waals surface area contributed by atoms with E-state index in [1.165, 1.54) is 139 Å². The van der Waals surface area contributed by atoms with Crippen LogP contribution in [0.15, 0.2) is 255 Å². The number of benzene rings is 11. The highest BCUT2D eigenvalue weighted by Crippen LogP contribution is 2.44. The summed E-state index contributed by atoms with van der Waals surface area (Å²) in [6.07, 6.45) is 11.8. The molecule has 0 heterocycles. The Morgan fingerprint density at radius 2 is 0.522 bits per heavy atom. The first-order valence-electron chi connectivity index (χ1n) is 33.3. The molecule has 0 aliphatic carbocycles. The highest BCUT2D eigenvalue weighted by molar-refractivity contribution is 5.87. The van der Waals surface area contributed by atoms with Crippen molar-refractivity contribution < 1.29 is 0 Å². The summed E-state index contributed by atoms with van der Waals surface area (Å²) >= 11 is 0. The first-order chi connectivity index (χ1) is 43.6. The fourth-order valence-electron chi connectivity index (χ4n) is 13.0. The first-order valence-corrected chi connectivity index (χ1v) is 33.3. The average Bonchev–Trinajstić information content (AvgIpc) is 1.20. The summed E-state index contributed by atoms with van der Waals surface area (Å²) < 4.78 is 0. The molecule has 11 aromatic carbocycles. The molecular formula is C88H92N2. The van der Waals surface area contributed by atoms with Gasteiger partial charge in [0.1, 0.15) is 0 Å². The topological polar surface area (TPSA) is 6.48 Å². The average molecular weight is 1180 g/mol. The molecular weight excluding hydrogens is 1080 g/mol. The number of anilines is 6. The summed E-state index contributed by atoms with van der Waals surface area (Å²) in [5, 5.41) is 0. The fourth-order valence-corrected chi connectivity index (χ4v) is 13.0. The van der Waals surface area contributed by atoms with Gasteiger partial charge in [0.2, 0.25) is 0 Å². The molecule has 90 heavy (non-hydrogen) atoms. The zero-order valence-electron chi connectivity index (χ0n) is 55.2. The van der Waals surface area contributed by atoms with Gasteiger partial charge in [-0.1, -0.05) is 276 Å². The van der Waals surface area contributed by atoms with Crippen molar-refractivity contribution in [2.75, 3.05) is 9.80 Å². The Labute approximate surface area is 540 Å². The van der Waals surface area contributed by atoms with Crippen LogP contribution in [-0.2, 0) is 23.7 Å². The van der Waals surface area contributed by atoms with Crippen molar-refractivity contribution in [2.24, 2.45) is 0 Å². The van der Waals surface area contributed by atoms with E-state index in [4.69, 9.17) is 0 Å². The Bertz CT molecular complexity index is 3830. The van der Waals surface area contributed by atoms with Crippen molar-refractivity contribution in [1.29, 1.82) is 0 Å². The molecule has 0 atom stereocenters. The van der Waals surface area contributed by atoms with E-state index in [0.29, 0.717) is 0 Å². The molecule has 11 rings (SSSR count). The maximum absolute atomic E-state index is 2.61. The number of hydrogen-bond acceptors (Lipinski definition) is 2. The molecule has 454 valence electrons. The summed E-state index contributed by atoms with van der Waals surface area (Å²) in [5.41, 5.74) is 30.2. The van der Waals surface area contributed by atoms with Gasteiger partial charge in [-0.05, 0) is 223 Å². The van der Waals surface area contributed by atoms with Crippen LogP contribution in [0.25, 0.3) is 66.8 Å². The minimum absolute atomic E-state index is 0.105. The lowest BCUT2D eigenvalue weighted by molar-refractivity contribution is 0.590. The van der Waals surface area contributed by atoms with E-state index in [2.05, 4.69) is 334 Å². The second kappa shape index (κ2) is 28.2. The first kappa shape index (κ1) is 62.6. The van der Waals surface area contributed by atoms with Crippen molar-refractivity contribution in [3.05, 3.63) is 288 Å². The molecule has 0 saturated heterocycles. The molecule has 2 heteroatoms. The highest BCUT2D eigenvalue weighted by Gasteiger charge is 2.22. The monoisotopic (exact) mass is 1180 g/mol. The Morgan fingerprint density at radius 1 is 0.256 bits per heavy atom. The predicted molar refractivity (Wildman–Crippen MR) is 391 cm³/mol. The Kier molecular flexibility index (Phi) is 19.6. The van der Waals surface area contributed by atoms with Crippen LogP contribution in [0.1, 0.15) is 140 Å². The minimum atomic E-state index is 0.105.